The van der Waals surface area contributed by atoms with Crippen molar-refractivity contribution in [1.29, 1.82) is 0 Å². The van der Waals surface area contributed by atoms with Crippen molar-refractivity contribution in [3.05, 3.63) is 63.1 Å². The molecule has 4 heteroatoms. The smallest absolute Gasteiger partial charge is 0.123 e. The predicted octanol–water partition coefficient (Wildman–Crippen LogP) is 5.58. The van der Waals surface area contributed by atoms with Gasteiger partial charge in [0.05, 0.1) is 0 Å². The Morgan fingerprint density at radius 2 is 1.83 bits per heavy atom. The highest BCUT2D eigenvalue weighted by molar-refractivity contribution is 9.10. The number of benzene rings is 2. The molecular formula is C14H11Br2ClO. The van der Waals surface area contributed by atoms with Crippen LogP contribution in [0.25, 0.3) is 0 Å². The molecular weight excluding hydrogens is 379 g/mol. The van der Waals surface area contributed by atoms with Gasteiger partial charge in [-0.15, -0.1) is 0 Å². The van der Waals surface area contributed by atoms with E-state index in [1.807, 2.05) is 42.5 Å². The second-order valence-electron chi connectivity index (χ2n) is 3.77. The molecule has 0 bridgehead atoms. The second kappa shape index (κ2) is 6.60. The minimum Gasteiger partial charge on any atom is -0.489 e. The average Bonchev–Trinajstić information content (AvgIpc) is 2.39. The first-order valence-electron chi connectivity index (χ1n) is 5.41. The van der Waals surface area contributed by atoms with E-state index in [-0.39, 0.29) is 0 Å². The largest absolute Gasteiger partial charge is 0.489 e. The van der Waals surface area contributed by atoms with Crippen LogP contribution in [-0.2, 0) is 11.9 Å². The van der Waals surface area contributed by atoms with Crippen molar-refractivity contribution in [2.45, 2.75) is 11.9 Å². The minimum atomic E-state index is 0.474. The van der Waals surface area contributed by atoms with Gasteiger partial charge in [-0.05, 0) is 24.3 Å². The Hall–Kier alpha value is -0.510. The summed E-state index contributed by atoms with van der Waals surface area (Å²) in [5.41, 5.74) is 2.10. The average molecular weight is 391 g/mol. The minimum absolute atomic E-state index is 0.474. The Kier molecular flexibility index (Phi) is 5.10. The first-order chi connectivity index (χ1) is 8.70. The van der Waals surface area contributed by atoms with E-state index < -0.39 is 0 Å². The maximum absolute atomic E-state index is 6.09. The Balaban J connectivity index is 2.13. The SMILES string of the molecule is Clc1ccccc1COc1ccc(Br)cc1CBr. The molecule has 0 aliphatic carbocycles. The first kappa shape index (κ1) is 13.9. The fraction of sp³-hybridized carbons (Fsp3) is 0.143. The van der Waals surface area contributed by atoms with E-state index in [4.69, 9.17) is 16.3 Å². The Morgan fingerprint density at radius 1 is 1.06 bits per heavy atom. The van der Waals surface area contributed by atoms with Crippen LogP contribution < -0.4 is 4.74 Å². The molecule has 2 aromatic carbocycles. The van der Waals surface area contributed by atoms with Gasteiger partial charge in [0.25, 0.3) is 0 Å². The molecule has 1 nitrogen and oxygen atoms in total. The van der Waals surface area contributed by atoms with Crippen LogP contribution in [0.1, 0.15) is 11.1 Å². The van der Waals surface area contributed by atoms with Crippen molar-refractivity contribution in [3.63, 3.8) is 0 Å². The van der Waals surface area contributed by atoms with E-state index in [1.54, 1.807) is 0 Å². The Bertz CT molecular complexity index is 543. The summed E-state index contributed by atoms with van der Waals surface area (Å²) in [4.78, 5) is 0. The summed E-state index contributed by atoms with van der Waals surface area (Å²) < 4.78 is 6.86. The first-order valence-corrected chi connectivity index (χ1v) is 7.70. The number of halogens is 3. The highest BCUT2D eigenvalue weighted by Gasteiger charge is 2.05. The molecule has 2 rings (SSSR count). The monoisotopic (exact) mass is 388 g/mol. The van der Waals surface area contributed by atoms with Gasteiger partial charge >= 0.3 is 0 Å². The van der Waals surface area contributed by atoms with Crippen LogP contribution in [0.3, 0.4) is 0 Å². The lowest BCUT2D eigenvalue weighted by Crippen LogP contribution is -1.98. The normalized spacial score (nSPS) is 10.4. The summed E-state index contributed by atoms with van der Waals surface area (Å²) in [6, 6.07) is 13.7. The molecule has 0 saturated carbocycles. The summed E-state index contributed by atoms with van der Waals surface area (Å²) in [6.07, 6.45) is 0. The molecule has 0 fully saturated rings. The molecule has 0 aromatic heterocycles. The Labute approximate surface area is 128 Å². The van der Waals surface area contributed by atoms with E-state index in [1.165, 1.54) is 0 Å². The summed E-state index contributed by atoms with van der Waals surface area (Å²) in [5, 5.41) is 1.49. The van der Waals surface area contributed by atoms with E-state index in [0.717, 1.165) is 31.7 Å². The van der Waals surface area contributed by atoms with Crippen LogP contribution in [0.5, 0.6) is 5.75 Å². The lowest BCUT2D eigenvalue weighted by atomic mass is 10.2. The molecule has 0 unspecified atom stereocenters. The van der Waals surface area contributed by atoms with Crippen LogP contribution in [0.2, 0.25) is 5.02 Å². The van der Waals surface area contributed by atoms with E-state index in [0.29, 0.717) is 6.61 Å². The number of alkyl halides is 1. The summed E-state index contributed by atoms with van der Waals surface area (Å²) in [5.74, 6) is 0.870. The maximum atomic E-state index is 6.09. The molecule has 0 aliphatic rings. The zero-order valence-corrected chi connectivity index (χ0v) is 13.4. The van der Waals surface area contributed by atoms with Crippen LogP contribution in [0.15, 0.2) is 46.9 Å². The lowest BCUT2D eigenvalue weighted by molar-refractivity contribution is 0.304. The molecule has 0 saturated heterocycles. The highest BCUT2D eigenvalue weighted by atomic mass is 79.9. The van der Waals surface area contributed by atoms with Gasteiger partial charge in [-0.3, -0.25) is 0 Å². The molecule has 0 amide bonds. The van der Waals surface area contributed by atoms with Gasteiger partial charge in [0.1, 0.15) is 12.4 Å². The number of rotatable bonds is 4. The highest BCUT2D eigenvalue weighted by Crippen LogP contribution is 2.26. The predicted molar refractivity (Wildman–Crippen MR) is 82.6 cm³/mol. The molecule has 0 heterocycles. The van der Waals surface area contributed by atoms with Crippen molar-refractivity contribution in [3.8, 4) is 5.75 Å². The third-order valence-corrected chi connectivity index (χ3v) is 3.97. The third kappa shape index (κ3) is 3.50. The molecule has 0 spiro atoms. The van der Waals surface area contributed by atoms with Crippen LogP contribution >= 0.6 is 43.5 Å². The topological polar surface area (TPSA) is 9.23 Å². The lowest BCUT2D eigenvalue weighted by Gasteiger charge is -2.11. The van der Waals surface area contributed by atoms with Crippen molar-refractivity contribution >= 4 is 43.5 Å². The summed E-state index contributed by atoms with van der Waals surface area (Å²) >= 11 is 13.0. The van der Waals surface area contributed by atoms with Crippen molar-refractivity contribution in [1.82, 2.24) is 0 Å². The second-order valence-corrected chi connectivity index (χ2v) is 5.65. The summed E-state index contributed by atoms with van der Waals surface area (Å²) in [7, 11) is 0. The quantitative estimate of drug-likeness (QED) is 0.620. The van der Waals surface area contributed by atoms with E-state index >= 15 is 0 Å². The van der Waals surface area contributed by atoms with Gasteiger partial charge in [0.2, 0.25) is 0 Å². The van der Waals surface area contributed by atoms with Gasteiger partial charge in [0.15, 0.2) is 0 Å². The maximum Gasteiger partial charge on any atom is 0.123 e. The van der Waals surface area contributed by atoms with Gasteiger partial charge in [0, 0.05) is 26.0 Å². The molecule has 18 heavy (non-hydrogen) atoms. The van der Waals surface area contributed by atoms with Crippen molar-refractivity contribution in [2.24, 2.45) is 0 Å². The molecule has 2 aromatic rings. The standard InChI is InChI=1S/C14H11Br2ClO/c15-8-11-7-12(16)5-6-14(11)18-9-10-3-1-2-4-13(10)17/h1-7H,8-9H2. The zero-order chi connectivity index (χ0) is 13.0. The van der Waals surface area contributed by atoms with Gasteiger partial charge in [-0.25, -0.2) is 0 Å². The zero-order valence-electron chi connectivity index (χ0n) is 9.50. The van der Waals surface area contributed by atoms with E-state index in [9.17, 15) is 0 Å². The third-order valence-electron chi connectivity index (χ3n) is 2.51. The Morgan fingerprint density at radius 3 is 2.56 bits per heavy atom. The van der Waals surface area contributed by atoms with Gasteiger partial charge in [-0.2, -0.15) is 0 Å². The number of ether oxygens (including phenoxy) is 1. The van der Waals surface area contributed by atoms with Crippen LogP contribution in [0, 0.1) is 0 Å². The number of hydrogen-bond donors (Lipinski definition) is 0. The molecule has 94 valence electrons. The van der Waals surface area contributed by atoms with Crippen molar-refractivity contribution in [2.75, 3.05) is 0 Å². The van der Waals surface area contributed by atoms with Gasteiger partial charge in [-0.1, -0.05) is 61.7 Å². The molecule has 0 atom stereocenters. The molecule has 0 aliphatic heterocycles. The van der Waals surface area contributed by atoms with Crippen LogP contribution in [0.4, 0.5) is 0 Å². The van der Waals surface area contributed by atoms with Crippen molar-refractivity contribution < 1.29 is 4.74 Å². The van der Waals surface area contributed by atoms with E-state index in [2.05, 4.69) is 31.9 Å². The number of hydrogen-bond acceptors (Lipinski definition) is 1. The fourth-order valence-electron chi connectivity index (χ4n) is 1.56. The molecule has 0 N–H and O–H groups in total. The molecule has 0 radical (unpaired) electrons. The van der Waals surface area contributed by atoms with Gasteiger partial charge < -0.3 is 4.74 Å². The van der Waals surface area contributed by atoms with Crippen LogP contribution in [-0.4, -0.2) is 0 Å². The summed E-state index contributed by atoms with van der Waals surface area (Å²) in [6.45, 7) is 0.474. The fourth-order valence-corrected chi connectivity index (χ4v) is 2.60.